The van der Waals surface area contributed by atoms with Gasteiger partial charge in [0.05, 0.1) is 12.7 Å². The summed E-state index contributed by atoms with van der Waals surface area (Å²) in [6.45, 7) is 5.59. The average Bonchev–Trinajstić information content (AvgIpc) is 3.01. The second kappa shape index (κ2) is 10.8. The number of imide groups is 1. The van der Waals surface area contributed by atoms with Crippen LogP contribution in [0.3, 0.4) is 0 Å². The summed E-state index contributed by atoms with van der Waals surface area (Å²) >= 11 is 0. The number of nitrogens with one attached hydrogen (secondary N) is 1. The van der Waals surface area contributed by atoms with Crippen LogP contribution in [0.4, 0.5) is 5.69 Å². The molecule has 6 nitrogen and oxygen atoms in total. The van der Waals surface area contributed by atoms with Crippen LogP contribution >= 0.6 is 0 Å². The maximum Gasteiger partial charge on any atom is 0.278 e. The summed E-state index contributed by atoms with van der Waals surface area (Å²) in [5, 5.41) is 3.22. The Balaban J connectivity index is 1.89. The third-order valence-electron chi connectivity index (χ3n) is 5.26. The number of carbonyl (C=O) groups excluding carboxylic acids is 2. The Morgan fingerprint density at radius 3 is 2.39 bits per heavy atom. The van der Waals surface area contributed by atoms with E-state index in [0.29, 0.717) is 43.1 Å². The van der Waals surface area contributed by atoms with E-state index in [1.165, 1.54) is 4.90 Å². The quantitative estimate of drug-likeness (QED) is 0.429. The molecule has 0 spiro atoms. The molecule has 2 aromatic rings. The summed E-state index contributed by atoms with van der Waals surface area (Å²) in [5.41, 5.74) is 2.97. The summed E-state index contributed by atoms with van der Waals surface area (Å²) in [6.07, 6.45) is 2.67. The van der Waals surface area contributed by atoms with Gasteiger partial charge in [0, 0.05) is 31.0 Å². The van der Waals surface area contributed by atoms with E-state index in [2.05, 4.69) is 12.2 Å². The van der Waals surface area contributed by atoms with E-state index in [1.54, 1.807) is 19.2 Å². The molecular formula is C25H30N2O4. The molecule has 1 aliphatic rings. The van der Waals surface area contributed by atoms with Crippen molar-refractivity contribution in [2.75, 3.05) is 32.2 Å². The molecule has 0 saturated heterocycles. The molecule has 1 aliphatic heterocycles. The maximum absolute atomic E-state index is 13.3. The van der Waals surface area contributed by atoms with Gasteiger partial charge in [-0.25, -0.2) is 0 Å². The lowest BCUT2D eigenvalue weighted by Crippen LogP contribution is -2.34. The fourth-order valence-corrected chi connectivity index (χ4v) is 3.52. The van der Waals surface area contributed by atoms with Crippen molar-refractivity contribution in [3.05, 3.63) is 65.4 Å². The number of ether oxygens (including phenoxy) is 2. The molecule has 0 unspecified atom stereocenters. The molecular weight excluding hydrogens is 392 g/mol. The van der Waals surface area contributed by atoms with E-state index in [0.717, 1.165) is 24.1 Å². The number of para-hydroxylation sites is 2. The van der Waals surface area contributed by atoms with Crippen LogP contribution in [0.15, 0.2) is 54.2 Å². The molecule has 0 bridgehead atoms. The van der Waals surface area contributed by atoms with Crippen molar-refractivity contribution in [2.24, 2.45) is 0 Å². The second-order valence-electron chi connectivity index (χ2n) is 7.47. The fourth-order valence-electron chi connectivity index (χ4n) is 3.52. The number of hydrogen-bond acceptors (Lipinski definition) is 5. The zero-order chi connectivity index (χ0) is 22.2. The lowest BCUT2D eigenvalue weighted by molar-refractivity contribution is -0.137. The first-order valence-corrected chi connectivity index (χ1v) is 10.7. The zero-order valence-electron chi connectivity index (χ0n) is 18.4. The highest BCUT2D eigenvalue weighted by Gasteiger charge is 2.40. The summed E-state index contributed by atoms with van der Waals surface area (Å²) in [6, 6.07) is 14.9. The van der Waals surface area contributed by atoms with E-state index >= 15 is 0 Å². The molecule has 0 radical (unpaired) electrons. The Hall–Kier alpha value is -3.12. The Morgan fingerprint density at radius 1 is 0.935 bits per heavy atom. The van der Waals surface area contributed by atoms with Crippen LogP contribution in [-0.2, 0) is 14.3 Å². The van der Waals surface area contributed by atoms with Crippen molar-refractivity contribution < 1.29 is 19.1 Å². The maximum atomic E-state index is 13.3. The molecule has 164 valence electrons. The molecule has 0 aromatic heterocycles. The Bertz CT molecular complexity index is 967. The van der Waals surface area contributed by atoms with Gasteiger partial charge >= 0.3 is 0 Å². The highest BCUT2D eigenvalue weighted by atomic mass is 16.5. The smallest absolute Gasteiger partial charge is 0.278 e. The number of unbranched alkanes of at least 4 members (excludes halogenated alkanes) is 1. The molecule has 2 aromatic carbocycles. The van der Waals surface area contributed by atoms with Crippen molar-refractivity contribution >= 4 is 23.1 Å². The number of rotatable bonds is 11. The number of nitrogens with zero attached hydrogens (tertiary/aromatic N) is 1. The molecule has 3 rings (SSSR count). The van der Waals surface area contributed by atoms with Gasteiger partial charge in [-0.15, -0.1) is 0 Å². The minimum absolute atomic E-state index is 0.274. The third-order valence-corrected chi connectivity index (χ3v) is 5.26. The van der Waals surface area contributed by atoms with E-state index in [1.807, 2.05) is 43.3 Å². The number of amides is 2. The summed E-state index contributed by atoms with van der Waals surface area (Å²) < 4.78 is 11.1. The number of hydrogen-bond donors (Lipinski definition) is 1. The minimum Gasteiger partial charge on any atom is -0.496 e. The van der Waals surface area contributed by atoms with Gasteiger partial charge in [-0.2, -0.15) is 0 Å². The molecule has 0 atom stereocenters. The van der Waals surface area contributed by atoms with Gasteiger partial charge < -0.3 is 14.8 Å². The van der Waals surface area contributed by atoms with Crippen LogP contribution < -0.4 is 10.1 Å². The van der Waals surface area contributed by atoms with Crippen LogP contribution in [0.1, 0.15) is 37.3 Å². The van der Waals surface area contributed by atoms with Gasteiger partial charge in [0.1, 0.15) is 11.4 Å². The lowest BCUT2D eigenvalue weighted by Gasteiger charge is -2.15. The first-order valence-electron chi connectivity index (χ1n) is 10.7. The van der Waals surface area contributed by atoms with Gasteiger partial charge in [0.25, 0.3) is 11.8 Å². The van der Waals surface area contributed by atoms with Gasteiger partial charge in [0.15, 0.2) is 0 Å². The molecule has 31 heavy (non-hydrogen) atoms. The van der Waals surface area contributed by atoms with Crippen LogP contribution in [-0.4, -0.2) is 43.6 Å². The second-order valence-corrected chi connectivity index (χ2v) is 7.47. The molecule has 1 N–H and O–H groups in total. The predicted molar refractivity (Wildman–Crippen MR) is 122 cm³/mol. The number of benzene rings is 2. The van der Waals surface area contributed by atoms with Crippen molar-refractivity contribution in [1.29, 1.82) is 0 Å². The average molecular weight is 423 g/mol. The first-order chi connectivity index (χ1) is 15.1. The minimum atomic E-state index is -0.331. The molecule has 0 saturated carbocycles. The normalized spacial score (nSPS) is 13.8. The molecule has 6 heteroatoms. The Morgan fingerprint density at radius 2 is 1.65 bits per heavy atom. The van der Waals surface area contributed by atoms with Gasteiger partial charge in [0.2, 0.25) is 0 Å². The van der Waals surface area contributed by atoms with Gasteiger partial charge in [-0.05, 0) is 37.5 Å². The van der Waals surface area contributed by atoms with E-state index in [4.69, 9.17) is 9.47 Å². The van der Waals surface area contributed by atoms with Crippen molar-refractivity contribution in [3.63, 3.8) is 0 Å². The number of aryl methyl sites for hydroxylation is 1. The molecule has 0 aliphatic carbocycles. The van der Waals surface area contributed by atoms with Crippen LogP contribution in [0.25, 0.3) is 5.57 Å². The van der Waals surface area contributed by atoms with Crippen LogP contribution in [0.2, 0.25) is 0 Å². The SMILES string of the molecule is CCCCOCCCN1C(=O)C(Nc2ccccc2C)=C(c2ccccc2OC)C1=O. The van der Waals surface area contributed by atoms with Crippen molar-refractivity contribution in [2.45, 2.75) is 33.1 Å². The van der Waals surface area contributed by atoms with E-state index in [-0.39, 0.29) is 17.5 Å². The number of methoxy groups -OCH3 is 1. The Labute approximate surface area is 183 Å². The monoisotopic (exact) mass is 422 g/mol. The molecule has 2 amide bonds. The highest BCUT2D eigenvalue weighted by Crippen LogP contribution is 2.35. The first kappa shape index (κ1) is 22.6. The fraction of sp³-hybridized carbons (Fsp3) is 0.360. The van der Waals surface area contributed by atoms with Crippen LogP contribution in [0, 0.1) is 6.92 Å². The number of anilines is 1. The van der Waals surface area contributed by atoms with Crippen molar-refractivity contribution in [1.82, 2.24) is 4.90 Å². The standard InChI is InChI=1S/C25H30N2O4/c1-4-5-16-31-17-10-15-27-24(28)22(19-12-7-9-14-21(19)30-3)23(25(27)29)26-20-13-8-6-11-18(20)2/h6-9,11-14,26H,4-5,10,15-17H2,1-3H3. The largest absolute Gasteiger partial charge is 0.496 e. The van der Waals surface area contributed by atoms with E-state index in [9.17, 15) is 9.59 Å². The van der Waals surface area contributed by atoms with Gasteiger partial charge in [-0.3, -0.25) is 14.5 Å². The van der Waals surface area contributed by atoms with Crippen LogP contribution in [0.5, 0.6) is 5.75 Å². The topological polar surface area (TPSA) is 67.9 Å². The molecule has 0 fully saturated rings. The summed E-state index contributed by atoms with van der Waals surface area (Å²) in [4.78, 5) is 27.9. The third kappa shape index (κ3) is 5.14. The summed E-state index contributed by atoms with van der Waals surface area (Å²) in [5.74, 6) is -0.102. The van der Waals surface area contributed by atoms with E-state index < -0.39 is 0 Å². The summed E-state index contributed by atoms with van der Waals surface area (Å²) in [7, 11) is 1.56. The zero-order valence-corrected chi connectivity index (χ0v) is 18.4. The lowest BCUT2D eigenvalue weighted by atomic mass is 10.0. The van der Waals surface area contributed by atoms with Gasteiger partial charge in [-0.1, -0.05) is 49.7 Å². The highest BCUT2D eigenvalue weighted by molar-refractivity contribution is 6.37. The predicted octanol–water partition coefficient (Wildman–Crippen LogP) is 4.40. The molecule has 1 heterocycles. The number of carbonyl (C=O) groups is 2. The Kier molecular flexibility index (Phi) is 7.84. The van der Waals surface area contributed by atoms with Crippen molar-refractivity contribution in [3.8, 4) is 5.75 Å².